The van der Waals surface area contributed by atoms with Gasteiger partial charge in [-0.3, -0.25) is 9.97 Å². The van der Waals surface area contributed by atoms with Gasteiger partial charge in [0, 0.05) is 29.3 Å². The van der Waals surface area contributed by atoms with E-state index in [0.29, 0.717) is 39.5 Å². The monoisotopic (exact) mass is 1220 g/mol. The number of hydrogen-bond acceptors (Lipinski definition) is 4. The Bertz CT molecular complexity index is 4150. The van der Waals surface area contributed by atoms with Crippen molar-refractivity contribution in [3.8, 4) is 79.0 Å². The molecule has 9 aromatic carbocycles. The Hall–Kier alpha value is -8.19. The van der Waals surface area contributed by atoms with Gasteiger partial charge in [0.1, 0.15) is 0 Å². The SMILES string of the molecule is CC(C)c1cc(-c2ccccc2)cc(C(C)C)c1-n1c(-c2[c-]c(Oc3[c-]c(-c4nc5cc(F)c(F)cc5n4-c4c(C(C)C)cc(-c5ccc(-c6ccccc6)cc5)cc4C(C)C)cc4ccoc34)ccc2)nc2ccccc21.[Pt+2]. The fraction of sp³-hybridized carbons (Fsp3) is 0.171. The zero-order valence-corrected chi connectivity index (χ0v) is 47.6. The van der Waals surface area contributed by atoms with Crippen LogP contribution in [0.4, 0.5) is 8.78 Å². The predicted molar refractivity (Wildman–Crippen MR) is 313 cm³/mol. The van der Waals surface area contributed by atoms with Crippen LogP contribution in [-0.2, 0) is 21.1 Å². The first-order valence-corrected chi connectivity index (χ1v) is 26.9. The third-order valence-corrected chi connectivity index (χ3v) is 14.9. The van der Waals surface area contributed by atoms with Crippen LogP contribution in [0.3, 0.4) is 0 Å². The molecule has 0 N–H and O–H groups in total. The zero-order valence-electron chi connectivity index (χ0n) is 45.3. The molecular weight excluding hydrogens is 1160 g/mol. The van der Waals surface area contributed by atoms with E-state index in [1.54, 1.807) is 6.26 Å². The summed E-state index contributed by atoms with van der Waals surface area (Å²) in [5.74, 6) is 0.368. The second-order valence-corrected chi connectivity index (χ2v) is 21.5. The molecule has 0 saturated carbocycles. The van der Waals surface area contributed by atoms with E-state index >= 15 is 8.78 Å². The topological polar surface area (TPSA) is 58.0 Å². The van der Waals surface area contributed by atoms with Crippen LogP contribution < -0.4 is 4.74 Å². The maximum absolute atomic E-state index is 15.6. The number of fused-ring (bicyclic) bond motifs is 3. The van der Waals surface area contributed by atoms with Crippen molar-refractivity contribution in [2.75, 3.05) is 0 Å². The van der Waals surface area contributed by atoms with E-state index in [2.05, 4.69) is 181 Å². The molecule has 12 rings (SSSR count). The Morgan fingerprint density at radius 1 is 0.443 bits per heavy atom. The normalized spacial score (nSPS) is 11.8. The Balaban J connectivity index is 0.00000660. The van der Waals surface area contributed by atoms with Crippen molar-refractivity contribution in [1.82, 2.24) is 19.1 Å². The van der Waals surface area contributed by atoms with Gasteiger partial charge in [0.05, 0.1) is 51.3 Å². The average Bonchev–Trinajstić information content (AvgIpc) is 4.42. The average molecular weight is 1220 g/mol. The van der Waals surface area contributed by atoms with E-state index in [-0.39, 0.29) is 44.7 Å². The molecule has 6 nitrogen and oxygen atoms in total. The van der Waals surface area contributed by atoms with Crippen molar-refractivity contribution in [2.24, 2.45) is 0 Å². The van der Waals surface area contributed by atoms with Gasteiger partial charge in [-0.15, -0.1) is 35.4 Å². The largest absolute Gasteiger partial charge is 2.00 e. The van der Waals surface area contributed by atoms with Crippen LogP contribution in [0.2, 0.25) is 0 Å². The summed E-state index contributed by atoms with van der Waals surface area (Å²) in [6, 6.07) is 66.1. The summed E-state index contributed by atoms with van der Waals surface area (Å²) in [6.45, 7) is 17.6. The molecule has 0 fully saturated rings. The van der Waals surface area contributed by atoms with Crippen LogP contribution >= 0.6 is 0 Å². The molecule has 0 aliphatic heterocycles. The fourth-order valence-corrected chi connectivity index (χ4v) is 10.9. The van der Waals surface area contributed by atoms with E-state index in [0.717, 1.165) is 72.6 Å². The van der Waals surface area contributed by atoms with Crippen LogP contribution in [0.25, 0.3) is 101 Å². The molecule has 12 aromatic rings. The van der Waals surface area contributed by atoms with Crippen molar-refractivity contribution in [2.45, 2.75) is 79.1 Å². The van der Waals surface area contributed by atoms with Crippen molar-refractivity contribution >= 4 is 33.0 Å². The van der Waals surface area contributed by atoms with Gasteiger partial charge in [0.25, 0.3) is 0 Å². The van der Waals surface area contributed by atoms with Gasteiger partial charge in [-0.05, 0) is 122 Å². The van der Waals surface area contributed by atoms with E-state index in [9.17, 15) is 0 Å². The van der Waals surface area contributed by atoms with Crippen molar-refractivity contribution in [3.05, 3.63) is 228 Å². The zero-order chi connectivity index (χ0) is 53.9. The maximum Gasteiger partial charge on any atom is 2.00 e. The van der Waals surface area contributed by atoms with E-state index in [1.165, 1.54) is 34.4 Å². The summed E-state index contributed by atoms with van der Waals surface area (Å²) in [5.41, 5.74) is 17.5. The standard InChI is InChI=1S/C70H58F2N4O2.Pt/c1-41(2)55-34-51(46-20-13-10-14-21-46)35-56(42(3)4)66(55)75-63-25-16-15-24-61(63)73-69(75)50-22-17-23-54(33-50)78-65-38-53(32-49-30-31-77-68(49)65)70-74-62-39-59(71)60(72)40-64(62)76(70)67-57(43(5)6)36-52(37-58(67)44(7)8)48-28-26-47(27-29-48)45-18-11-9-12-19-45;/h9-32,34-37,39-44H,1-8H3;/q-2;+2. The molecule has 79 heavy (non-hydrogen) atoms. The summed E-state index contributed by atoms with van der Waals surface area (Å²) in [6.07, 6.45) is 1.62. The Morgan fingerprint density at radius 2 is 0.924 bits per heavy atom. The van der Waals surface area contributed by atoms with Gasteiger partial charge >= 0.3 is 21.1 Å². The molecule has 0 amide bonds. The first kappa shape index (κ1) is 52.8. The number of hydrogen-bond donors (Lipinski definition) is 0. The van der Waals surface area contributed by atoms with Gasteiger partial charge < -0.3 is 18.3 Å². The first-order chi connectivity index (χ1) is 37.8. The van der Waals surface area contributed by atoms with Gasteiger partial charge in [-0.25, -0.2) is 8.78 Å². The molecule has 394 valence electrons. The van der Waals surface area contributed by atoms with Gasteiger partial charge in [0.2, 0.25) is 0 Å². The third kappa shape index (κ3) is 9.82. The quantitative estimate of drug-likeness (QED) is 0.108. The molecule has 0 saturated heterocycles. The maximum atomic E-state index is 15.6. The molecule has 0 aliphatic rings. The second-order valence-electron chi connectivity index (χ2n) is 21.5. The second kappa shape index (κ2) is 21.6. The van der Waals surface area contributed by atoms with Crippen LogP contribution in [0, 0.1) is 23.8 Å². The summed E-state index contributed by atoms with van der Waals surface area (Å²) >= 11 is 0. The molecular formula is C70H58F2N4O2Pt. The summed E-state index contributed by atoms with van der Waals surface area (Å²) in [4.78, 5) is 10.4. The van der Waals surface area contributed by atoms with Crippen LogP contribution in [0.1, 0.15) is 101 Å². The molecule has 3 aromatic heterocycles. The van der Waals surface area contributed by atoms with Crippen LogP contribution in [0.15, 0.2) is 187 Å². The summed E-state index contributed by atoms with van der Waals surface area (Å²) < 4.78 is 48.2. The number of rotatable bonds is 13. The molecule has 0 spiro atoms. The minimum absolute atomic E-state index is 0. The van der Waals surface area contributed by atoms with Crippen molar-refractivity contribution in [3.63, 3.8) is 0 Å². The van der Waals surface area contributed by atoms with Crippen molar-refractivity contribution in [1.29, 1.82) is 0 Å². The molecule has 0 bridgehead atoms. The Morgan fingerprint density at radius 3 is 1.51 bits per heavy atom. The number of imidazole rings is 2. The number of furan rings is 1. The minimum Gasteiger partial charge on any atom is -0.504 e. The fourth-order valence-electron chi connectivity index (χ4n) is 10.9. The van der Waals surface area contributed by atoms with Gasteiger partial charge in [0.15, 0.2) is 11.6 Å². The van der Waals surface area contributed by atoms with Crippen molar-refractivity contribution < 1.29 is 39.0 Å². The summed E-state index contributed by atoms with van der Waals surface area (Å²) in [7, 11) is 0. The third-order valence-electron chi connectivity index (χ3n) is 14.9. The summed E-state index contributed by atoms with van der Waals surface area (Å²) in [5, 5.41) is 0.733. The number of halogens is 2. The number of aromatic nitrogens is 4. The van der Waals surface area contributed by atoms with Crippen LogP contribution in [-0.4, -0.2) is 19.1 Å². The van der Waals surface area contributed by atoms with E-state index in [1.807, 2.05) is 59.2 Å². The predicted octanol–water partition coefficient (Wildman–Crippen LogP) is 19.6. The number of ether oxygens (including phenoxy) is 1. The number of para-hydroxylation sites is 2. The minimum atomic E-state index is -0.978. The first-order valence-electron chi connectivity index (χ1n) is 26.9. The van der Waals surface area contributed by atoms with E-state index in [4.69, 9.17) is 19.1 Å². The van der Waals surface area contributed by atoms with Crippen LogP contribution in [0.5, 0.6) is 11.5 Å². The van der Waals surface area contributed by atoms with Gasteiger partial charge in [-0.2, -0.15) is 0 Å². The molecule has 3 heterocycles. The smallest absolute Gasteiger partial charge is 0.504 e. The molecule has 9 heteroatoms. The number of nitrogens with zero attached hydrogens (tertiary/aromatic N) is 4. The molecule has 0 atom stereocenters. The van der Waals surface area contributed by atoms with Gasteiger partial charge in [-0.1, -0.05) is 170 Å². The Kier molecular flexibility index (Phi) is 14.4. The molecule has 0 aliphatic carbocycles. The number of benzene rings is 9. The Labute approximate surface area is 474 Å². The molecule has 0 radical (unpaired) electrons. The van der Waals surface area contributed by atoms with E-state index < -0.39 is 11.6 Å². The molecule has 0 unspecified atom stereocenters.